The van der Waals surface area contributed by atoms with Gasteiger partial charge in [-0.2, -0.15) is 16.8 Å². The maximum absolute atomic E-state index is 14.9. The maximum Gasteiger partial charge on any atom is 0.297 e. The van der Waals surface area contributed by atoms with Gasteiger partial charge >= 0.3 is 0 Å². The number of amides is 8. The summed E-state index contributed by atoms with van der Waals surface area (Å²) in [7, 11) is -6.78. The van der Waals surface area contributed by atoms with Gasteiger partial charge in [-0.15, -0.1) is 0 Å². The predicted molar refractivity (Wildman–Crippen MR) is 326 cm³/mol. The molecular weight excluding hydrogens is 1170 g/mol. The topological polar surface area (TPSA) is 236 Å². The van der Waals surface area contributed by atoms with Crippen molar-refractivity contribution >= 4 is 106 Å². The van der Waals surface area contributed by atoms with Crippen LogP contribution >= 0.6 is 0 Å². The minimum atomic E-state index is -4.89. The molecule has 15 rings (SSSR count). The fourth-order valence-electron chi connectivity index (χ4n) is 13.6. The minimum Gasteiger partial charge on any atom is -0.277 e. The van der Waals surface area contributed by atoms with Crippen molar-refractivity contribution < 1.29 is 63.6 Å². The van der Waals surface area contributed by atoms with Gasteiger partial charge in [-0.25, -0.2) is 14.7 Å². The van der Waals surface area contributed by atoms with Crippen LogP contribution < -0.4 is 14.7 Å². The molecule has 0 radical (unpaired) electrons. The molecule has 0 bridgehead atoms. The van der Waals surface area contributed by atoms with Gasteiger partial charge in [0.1, 0.15) is 9.79 Å². The lowest BCUT2D eigenvalue weighted by molar-refractivity contribution is 0.0647. The lowest BCUT2D eigenvalue weighted by atomic mass is 9.67. The monoisotopic (exact) mass is 1210 g/mol. The fourth-order valence-corrected chi connectivity index (χ4v) is 15.4. The number of anilines is 3. The summed E-state index contributed by atoms with van der Waals surface area (Å²) < 4.78 is 66.0. The van der Waals surface area contributed by atoms with E-state index in [1.54, 1.807) is 12.1 Å². The molecule has 434 valence electrons. The van der Waals surface area contributed by atoms with Crippen molar-refractivity contribution in [3.63, 3.8) is 0 Å². The molecule has 0 unspecified atom stereocenters. The Morgan fingerprint density at radius 3 is 0.944 bits per heavy atom. The number of rotatable bonds is 10. The van der Waals surface area contributed by atoms with Gasteiger partial charge in [0.15, 0.2) is 0 Å². The van der Waals surface area contributed by atoms with E-state index in [0.717, 1.165) is 87.2 Å². The van der Waals surface area contributed by atoms with Crippen molar-refractivity contribution in [1.29, 1.82) is 0 Å². The first-order valence-corrected chi connectivity index (χ1v) is 30.5. The number of fused-ring (bicyclic) bond motifs is 3. The van der Waals surface area contributed by atoms with Crippen LogP contribution in [0.5, 0.6) is 0 Å². The summed E-state index contributed by atoms with van der Waals surface area (Å²) >= 11 is 0. The molecule has 8 amide bonds. The summed E-state index contributed by atoms with van der Waals surface area (Å²) in [6.45, 7) is 2.03. The van der Waals surface area contributed by atoms with Crippen molar-refractivity contribution in [3.8, 4) is 22.3 Å². The molecule has 4 aliphatic heterocycles. The van der Waals surface area contributed by atoms with E-state index < -0.39 is 82.7 Å². The number of carbonyl (C=O) groups excluding carboxylic acids is 8. The van der Waals surface area contributed by atoms with Gasteiger partial charge in [0.25, 0.3) is 67.5 Å². The number of aryl methyl sites for hydroxylation is 1. The smallest absolute Gasteiger partial charge is 0.277 e. The molecule has 89 heavy (non-hydrogen) atoms. The van der Waals surface area contributed by atoms with E-state index in [4.69, 9.17) is 8.37 Å². The van der Waals surface area contributed by atoms with E-state index in [-0.39, 0.29) is 94.2 Å². The lowest BCUT2D eigenvalue weighted by Crippen LogP contribution is -2.43. The fraction of sp³-hybridized carbons (Fsp3) is 0.0725. The highest BCUT2D eigenvalue weighted by Gasteiger charge is 2.48. The maximum atomic E-state index is 14.9. The Hall–Kier alpha value is -10.9. The SMILES string of the molecule is COS(=O)(=O)c1cc(N2C(=O)c3ccc4c5c(ccc(c35)C2=O)C(=O)N(C)C4=O)ccc1-c1ccc(N2C(=O)c3ccc4c5c(ccc(c35)C2=O)C(=O)N(c2ccc(C3(c5ccc(C)cc5)c5ccccc5-c5ccccc53)cc2)C4=O)cc1S(=O)(=O)OC. The largest absolute Gasteiger partial charge is 0.297 e. The normalized spacial score (nSPS) is 15.6. The van der Waals surface area contributed by atoms with E-state index in [0.29, 0.717) is 9.80 Å². The zero-order valence-corrected chi connectivity index (χ0v) is 48.8. The quantitative estimate of drug-likeness (QED) is 0.0915. The van der Waals surface area contributed by atoms with E-state index in [9.17, 15) is 55.2 Å². The van der Waals surface area contributed by atoms with Gasteiger partial charge in [-0.1, -0.05) is 103 Å². The molecule has 18 nitrogen and oxygen atoms in total. The number of hydrogen-bond acceptors (Lipinski definition) is 14. The van der Waals surface area contributed by atoms with Crippen LogP contribution in [0.15, 0.2) is 192 Å². The molecule has 10 aromatic rings. The standard InChI is InChI=1S/C69H42N4O14S2/c1-35-13-15-36(16-14-35)69(53-11-7-5-9-41(53)42-10-6-8-12-54(42)69)37-17-19-38(20-18-37)71-63(76)47-29-31-51-60-52(32-30-48(59(47)60)64(71)77)68(81)73(67(51)80)40-22-24-44(56(34-40)89(84,85)87-4)43-23-21-39(33-55(43)88(82,83)86-3)72-65(78)49-27-25-45-57-46(62(75)70(2)61(45)74)26-28-50(58(49)57)66(72)79/h5-34H,1-4H3. The average molecular weight is 1220 g/mol. The summed E-state index contributed by atoms with van der Waals surface area (Å²) in [6, 6.07) is 49.7. The van der Waals surface area contributed by atoms with Gasteiger partial charge in [-0.3, -0.25) is 51.6 Å². The number of benzene rings is 10. The van der Waals surface area contributed by atoms with Crippen molar-refractivity contribution in [2.75, 3.05) is 36.0 Å². The summed E-state index contributed by atoms with van der Waals surface area (Å²) in [5.41, 5.74) is 5.53. The van der Waals surface area contributed by atoms with Crippen LogP contribution in [0, 0.1) is 6.92 Å². The number of nitrogens with zero attached hydrogens (tertiary/aromatic N) is 4. The summed E-state index contributed by atoms with van der Waals surface area (Å²) in [4.78, 5) is 116. The molecule has 0 fully saturated rings. The molecule has 10 aromatic carbocycles. The van der Waals surface area contributed by atoms with Crippen molar-refractivity contribution in [2.24, 2.45) is 0 Å². The van der Waals surface area contributed by atoms with Crippen molar-refractivity contribution in [3.05, 3.63) is 254 Å². The zero-order valence-electron chi connectivity index (χ0n) is 47.1. The zero-order chi connectivity index (χ0) is 62.1. The van der Waals surface area contributed by atoms with Crippen molar-refractivity contribution in [2.45, 2.75) is 22.1 Å². The van der Waals surface area contributed by atoms with Gasteiger partial charge < -0.3 is 0 Å². The highest BCUT2D eigenvalue weighted by Crippen LogP contribution is 2.56. The highest BCUT2D eigenvalue weighted by atomic mass is 32.2. The van der Waals surface area contributed by atoms with Gasteiger partial charge in [0, 0.05) is 84.2 Å². The third-order valence-corrected chi connectivity index (χ3v) is 20.3. The van der Waals surface area contributed by atoms with Crippen LogP contribution in [0.3, 0.4) is 0 Å². The Balaban J connectivity index is 0.776. The lowest BCUT2D eigenvalue weighted by Gasteiger charge is -2.35. The summed E-state index contributed by atoms with van der Waals surface area (Å²) in [5, 5.41) is 0.287. The summed E-state index contributed by atoms with van der Waals surface area (Å²) in [6.07, 6.45) is 0. The molecule has 20 heteroatoms. The number of imide groups is 4. The molecule has 1 aliphatic carbocycles. The molecule has 0 saturated carbocycles. The third-order valence-electron chi connectivity index (χ3n) is 17.7. The molecule has 4 heterocycles. The van der Waals surface area contributed by atoms with Crippen LogP contribution in [0.1, 0.15) is 111 Å². The Bertz CT molecular complexity index is 5120. The molecule has 0 atom stereocenters. The molecule has 0 saturated heterocycles. The van der Waals surface area contributed by atoms with E-state index in [1.807, 2.05) is 43.3 Å². The van der Waals surface area contributed by atoms with Crippen LogP contribution in [0.2, 0.25) is 0 Å². The second kappa shape index (κ2) is 19.0. The van der Waals surface area contributed by atoms with E-state index in [2.05, 4.69) is 48.5 Å². The first-order valence-electron chi connectivity index (χ1n) is 27.7. The van der Waals surface area contributed by atoms with Gasteiger partial charge in [0.2, 0.25) is 0 Å². The van der Waals surface area contributed by atoms with Gasteiger partial charge in [0.05, 0.1) is 36.7 Å². The minimum absolute atomic E-state index is 0.0324. The summed E-state index contributed by atoms with van der Waals surface area (Å²) in [5.74, 6) is -6.47. The second-order valence-electron chi connectivity index (χ2n) is 22.0. The first kappa shape index (κ1) is 54.7. The first-order chi connectivity index (χ1) is 42.7. The highest BCUT2D eigenvalue weighted by molar-refractivity contribution is 7.87. The average Bonchev–Trinajstić information content (AvgIpc) is 1.61. The van der Waals surface area contributed by atoms with Crippen molar-refractivity contribution in [1.82, 2.24) is 4.90 Å². The molecule has 0 N–H and O–H groups in total. The number of carbonyl (C=O) groups is 8. The third kappa shape index (κ3) is 7.36. The Labute approximate surface area is 506 Å². The van der Waals surface area contributed by atoms with Gasteiger partial charge in [-0.05, 0) is 125 Å². The second-order valence-corrected chi connectivity index (χ2v) is 25.4. The molecule has 5 aliphatic rings. The Morgan fingerprint density at radius 2 is 0.607 bits per heavy atom. The molecule has 0 spiro atoms. The van der Waals surface area contributed by atoms with Crippen LogP contribution in [0.25, 0.3) is 43.8 Å². The van der Waals surface area contributed by atoms with E-state index in [1.165, 1.54) is 67.7 Å². The number of hydrogen-bond donors (Lipinski definition) is 0. The van der Waals surface area contributed by atoms with E-state index >= 15 is 0 Å². The van der Waals surface area contributed by atoms with Crippen LogP contribution in [-0.4, -0.2) is 90.3 Å². The Morgan fingerprint density at radius 1 is 0.326 bits per heavy atom. The predicted octanol–water partition coefficient (Wildman–Crippen LogP) is 10.6. The van der Waals surface area contributed by atoms with Crippen LogP contribution in [-0.2, 0) is 34.0 Å². The van der Waals surface area contributed by atoms with Crippen LogP contribution in [0.4, 0.5) is 17.1 Å². The molecule has 0 aromatic heterocycles. The molecular formula is C69H42N4O14S2. The Kier molecular flexibility index (Phi) is 11.7.